The van der Waals surface area contributed by atoms with Crippen molar-refractivity contribution in [2.45, 2.75) is 6.61 Å². The standard InChI is InChI=1S/C16H9F2NO2/c17-12-6-3-4-10(15(12)18)9-20-16-11-5-1-2-7-13(11)21-14(16)8-19/h1-7H,9H2. The monoisotopic (exact) mass is 285 g/mol. The van der Waals surface area contributed by atoms with Crippen molar-refractivity contribution in [2.24, 2.45) is 0 Å². The first kappa shape index (κ1) is 13.1. The van der Waals surface area contributed by atoms with E-state index in [4.69, 9.17) is 14.4 Å². The third-order valence-corrected chi connectivity index (χ3v) is 3.06. The van der Waals surface area contributed by atoms with E-state index < -0.39 is 11.6 Å². The van der Waals surface area contributed by atoms with Crippen LogP contribution in [0.1, 0.15) is 11.3 Å². The quantitative estimate of drug-likeness (QED) is 0.725. The molecule has 0 saturated carbocycles. The lowest BCUT2D eigenvalue weighted by molar-refractivity contribution is 0.295. The van der Waals surface area contributed by atoms with Crippen LogP contribution >= 0.6 is 0 Å². The van der Waals surface area contributed by atoms with Crippen LogP contribution in [0.3, 0.4) is 0 Å². The van der Waals surface area contributed by atoms with E-state index in [0.717, 1.165) is 6.07 Å². The van der Waals surface area contributed by atoms with Gasteiger partial charge >= 0.3 is 0 Å². The van der Waals surface area contributed by atoms with Gasteiger partial charge in [0.25, 0.3) is 0 Å². The molecule has 0 amide bonds. The Morgan fingerprint density at radius 2 is 1.90 bits per heavy atom. The molecule has 104 valence electrons. The summed E-state index contributed by atoms with van der Waals surface area (Å²) in [5.41, 5.74) is 0.577. The second-order valence-electron chi connectivity index (χ2n) is 4.37. The van der Waals surface area contributed by atoms with E-state index in [2.05, 4.69) is 0 Å². The van der Waals surface area contributed by atoms with Crippen molar-refractivity contribution in [1.82, 2.24) is 0 Å². The summed E-state index contributed by atoms with van der Waals surface area (Å²) in [7, 11) is 0. The number of ether oxygens (including phenoxy) is 1. The summed E-state index contributed by atoms with van der Waals surface area (Å²) in [6.45, 7) is -0.193. The topological polar surface area (TPSA) is 46.2 Å². The molecule has 3 aromatic rings. The Bertz CT molecular complexity index is 849. The number of nitriles is 1. The van der Waals surface area contributed by atoms with Crippen LogP contribution in [0.2, 0.25) is 0 Å². The molecule has 0 aliphatic carbocycles. The van der Waals surface area contributed by atoms with Crippen molar-refractivity contribution < 1.29 is 17.9 Å². The number of nitrogens with zero attached hydrogens (tertiary/aromatic N) is 1. The van der Waals surface area contributed by atoms with Crippen LogP contribution in [0.4, 0.5) is 8.78 Å². The molecule has 0 saturated heterocycles. The second kappa shape index (κ2) is 5.25. The third-order valence-electron chi connectivity index (χ3n) is 3.06. The summed E-state index contributed by atoms with van der Waals surface area (Å²) in [6.07, 6.45) is 0. The Labute approximate surface area is 119 Å². The predicted octanol–water partition coefficient (Wildman–Crippen LogP) is 4.16. The van der Waals surface area contributed by atoms with Gasteiger partial charge in [-0.3, -0.25) is 0 Å². The maximum atomic E-state index is 13.6. The van der Waals surface area contributed by atoms with Gasteiger partial charge in [0.1, 0.15) is 18.3 Å². The van der Waals surface area contributed by atoms with E-state index in [0.29, 0.717) is 11.0 Å². The Morgan fingerprint density at radius 1 is 1.10 bits per heavy atom. The lowest BCUT2D eigenvalue weighted by atomic mass is 10.2. The molecule has 1 aromatic heterocycles. The molecule has 0 spiro atoms. The minimum Gasteiger partial charge on any atom is -0.483 e. The van der Waals surface area contributed by atoms with Gasteiger partial charge in [-0.15, -0.1) is 0 Å². The number of fused-ring (bicyclic) bond motifs is 1. The van der Waals surface area contributed by atoms with Crippen LogP contribution in [0.15, 0.2) is 46.9 Å². The van der Waals surface area contributed by atoms with Crippen molar-refractivity contribution in [2.75, 3.05) is 0 Å². The number of furan rings is 1. The van der Waals surface area contributed by atoms with E-state index in [1.165, 1.54) is 12.1 Å². The fourth-order valence-electron chi connectivity index (χ4n) is 2.05. The van der Waals surface area contributed by atoms with E-state index in [1.54, 1.807) is 24.3 Å². The Balaban J connectivity index is 1.95. The average Bonchev–Trinajstić information content (AvgIpc) is 2.86. The first-order chi connectivity index (χ1) is 10.2. The predicted molar refractivity (Wildman–Crippen MR) is 71.6 cm³/mol. The lowest BCUT2D eigenvalue weighted by Gasteiger charge is -2.06. The Hall–Kier alpha value is -2.87. The molecule has 5 heteroatoms. The first-order valence-electron chi connectivity index (χ1n) is 6.18. The smallest absolute Gasteiger partial charge is 0.246 e. The van der Waals surface area contributed by atoms with Gasteiger partial charge in [0.05, 0.1) is 5.39 Å². The molecule has 3 rings (SSSR count). The summed E-state index contributed by atoms with van der Waals surface area (Å²) < 4.78 is 37.5. The zero-order valence-corrected chi connectivity index (χ0v) is 10.8. The number of para-hydroxylation sites is 1. The van der Waals surface area contributed by atoms with Gasteiger partial charge < -0.3 is 9.15 Å². The molecule has 0 unspecified atom stereocenters. The summed E-state index contributed by atoms with van der Waals surface area (Å²) in [6, 6.07) is 12.7. The normalized spacial score (nSPS) is 10.5. The average molecular weight is 285 g/mol. The highest BCUT2D eigenvalue weighted by atomic mass is 19.2. The molecule has 1 heterocycles. The molecule has 3 nitrogen and oxygen atoms in total. The molecule has 21 heavy (non-hydrogen) atoms. The van der Waals surface area contributed by atoms with E-state index in [-0.39, 0.29) is 23.7 Å². The highest BCUT2D eigenvalue weighted by Crippen LogP contribution is 2.33. The van der Waals surface area contributed by atoms with Gasteiger partial charge in [-0.1, -0.05) is 24.3 Å². The summed E-state index contributed by atoms with van der Waals surface area (Å²) in [5, 5.41) is 9.67. The first-order valence-corrected chi connectivity index (χ1v) is 6.18. The highest BCUT2D eigenvalue weighted by Gasteiger charge is 2.16. The molecule has 2 aromatic carbocycles. The number of benzene rings is 2. The second-order valence-corrected chi connectivity index (χ2v) is 4.37. The van der Waals surface area contributed by atoms with E-state index in [1.807, 2.05) is 6.07 Å². The Morgan fingerprint density at radius 3 is 2.71 bits per heavy atom. The molecular weight excluding hydrogens is 276 g/mol. The van der Waals surface area contributed by atoms with Crippen molar-refractivity contribution in [3.63, 3.8) is 0 Å². The number of halogens is 2. The van der Waals surface area contributed by atoms with Crippen LogP contribution in [0.5, 0.6) is 5.75 Å². The number of hydrogen-bond acceptors (Lipinski definition) is 3. The van der Waals surface area contributed by atoms with Crippen LogP contribution in [-0.2, 0) is 6.61 Å². The van der Waals surface area contributed by atoms with Gasteiger partial charge in [0.2, 0.25) is 5.76 Å². The molecule has 0 N–H and O–H groups in total. The van der Waals surface area contributed by atoms with Gasteiger partial charge in [-0.2, -0.15) is 5.26 Å². The maximum Gasteiger partial charge on any atom is 0.246 e. The number of rotatable bonds is 3. The minimum absolute atomic E-state index is 0.00742. The third kappa shape index (κ3) is 2.32. The van der Waals surface area contributed by atoms with Crippen LogP contribution in [0, 0.1) is 23.0 Å². The minimum atomic E-state index is -0.955. The molecule has 0 aliphatic rings. The van der Waals surface area contributed by atoms with E-state index >= 15 is 0 Å². The molecule has 0 aliphatic heterocycles. The largest absolute Gasteiger partial charge is 0.483 e. The fraction of sp³-hybridized carbons (Fsp3) is 0.0625. The summed E-state index contributed by atoms with van der Waals surface area (Å²) >= 11 is 0. The van der Waals surface area contributed by atoms with Crippen LogP contribution in [-0.4, -0.2) is 0 Å². The van der Waals surface area contributed by atoms with Crippen molar-refractivity contribution in [3.8, 4) is 11.8 Å². The zero-order chi connectivity index (χ0) is 14.8. The number of hydrogen-bond donors (Lipinski definition) is 0. The van der Waals surface area contributed by atoms with Gasteiger partial charge in [0, 0.05) is 5.56 Å². The zero-order valence-electron chi connectivity index (χ0n) is 10.8. The highest BCUT2D eigenvalue weighted by molar-refractivity contribution is 5.86. The molecular formula is C16H9F2NO2. The maximum absolute atomic E-state index is 13.6. The Kier molecular flexibility index (Phi) is 3.28. The van der Waals surface area contributed by atoms with Gasteiger partial charge in [-0.05, 0) is 18.2 Å². The van der Waals surface area contributed by atoms with Crippen molar-refractivity contribution in [3.05, 3.63) is 65.4 Å². The van der Waals surface area contributed by atoms with Gasteiger partial charge in [0.15, 0.2) is 17.4 Å². The van der Waals surface area contributed by atoms with Crippen LogP contribution < -0.4 is 4.74 Å². The van der Waals surface area contributed by atoms with Crippen molar-refractivity contribution in [1.29, 1.82) is 5.26 Å². The molecule has 0 radical (unpaired) electrons. The molecule has 0 atom stereocenters. The van der Waals surface area contributed by atoms with Gasteiger partial charge in [-0.25, -0.2) is 8.78 Å². The van der Waals surface area contributed by atoms with Crippen molar-refractivity contribution >= 4 is 11.0 Å². The fourth-order valence-corrected chi connectivity index (χ4v) is 2.05. The lowest BCUT2D eigenvalue weighted by Crippen LogP contribution is -2.00. The van der Waals surface area contributed by atoms with E-state index in [9.17, 15) is 8.78 Å². The van der Waals surface area contributed by atoms with Crippen LogP contribution in [0.25, 0.3) is 11.0 Å². The molecule has 0 fully saturated rings. The summed E-state index contributed by atoms with van der Waals surface area (Å²) in [4.78, 5) is 0. The summed E-state index contributed by atoms with van der Waals surface area (Å²) in [5.74, 6) is -1.65. The SMILES string of the molecule is N#Cc1oc2ccccc2c1OCc1cccc(F)c1F. The molecule has 0 bridgehead atoms.